The van der Waals surface area contributed by atoms with Gasteiger partial charge in [0, 0.05) is 44.2 Å². The van der Waals surface area contributed by atoms with Crippen LogP contribution in [0.3, 0.4) is 0 Å². The minimum absolute atomic E-state index is 0.713. The Morgan fingerprint density at radius 2 is 2.14 bits per heavy atom. The van der Waals surface area contributed by atoms with E-state index < -0.39 is 0 Å². The van der Waals surface area contributed by atoms with Crippen LogP contribution < -0.4 is 0 Å². The standard InChI is InChI=1S/C16H22N4O/c1-2-14-10-17-18-16(14)9-13(1)11-19-4-3-15(12-19)20-5-7-21-8-6-20/h1-2,9-10,15H,3-8,11-12H2,(H,17,18). The van der Waals surface area contributed by atoms with Gasteiger partial charge in [0.2, 0.25) is 0 Å². The maximum absolute atomic E-state index is 5.45. The number of hydrogen-bond acceptors (Lipinski definition) is 4. The van der Waals surface area contributed by atoms with Gasteiger partial charge in [-0.15, -0.1) is 0 Å². The first-order chi connectivity index (χ1) is 10.4. The summed E-state index contributed by atoms with van der Waals surface area (Å²) >= 11 is 0. The average molecular weight is 286 g/mol. The average Bonchev–Trinajstić information content (AvgIpc) is 3.17. The molecule has 21 heavy (non-hydrogen) atoms. The monoisotopic (exact) mass is 286 g/mol. The number of H-pyrrole nitrogens is 1. The summed E-state index contributed by atoms with van der Waals surface area (Å²) in [4.78, 5) is 5.17. The van der Waals surface area contributed by atoms with Crippen LogP contribution in [-0.2, 0) is 11.3 Å². The van der Waals surface area contributed by atoms with Crippen molar-refractivity contribution in [2.75, 3.05) is 39.4 Å². The summed E-state index contributed by atoms with van der Waals surface area (Å²) in [5.41, 5.74) is 2.51. The summed E-state index contributed by atoms with van der Waals surface area (Å²) in [6.07, 6.45) is 3.16. The fraction of sp³-hybridized carbons (Fsp3) is 0.562. The third-order valence-electron chi connectivity index (χ3n) is 4.72. The van der Waals surface area contributed by atoms with Crippen LogP contribution in [-0.4, -0.2) is 65.4 Å². The first kappa shape index (κ1) is 13.2. The molecule has 2 fully saturated rings. The number of hydrogen-bond donors (Lipinski definition) is 1. The molecule has 2 aliphatic rings. The van der Waals surface area contributed by atoms with Gasteiger partial charge in [0.25, 0.3) is 0 Å². The summed E-state index contributed by atoms with van der Waals surface area (Å²) in [7, 11) is 0. The van der Waals surface area contributed by atoms with Crippen molar-refractivity contribution in [2.24, 2.45) is 0 Å². The van der Waals surface area contributed by atoms with Gasteiger partial charge in [-0.3, -0.25) is 14.9 Å². The van der Waals surface area contributed by atoms with E-state index in [1.54, 1.807) is 0 Å². The first-order valence-electron chi connectivity index (χ1n) is 7.85. The van der Waals surface area contributed by atoms with E-state index in [1.807, 2.05) is 6.20 Å². The van der Waals surface area contributed by atoms with Crippen LogP contribution in [0.2, 0.25) is 0 Å². The predicted molar refractivity (Wildman–Crippen MR) is 82.2 cm³/mol. The normalized spacial score (nSPS) is 24.9. The van der Waals surface area contributed by atoms with E-state index >= 15 is 0 Å². The van der Waals surface area contributed by atoms with E-state index in [1.165, 1.54) is 30.5 Å². The molecule has 0 aliphatic carbocycles. The number of nitrogens with zero attached hydrogens (tertiary/aromatic N) is 3. The fourth-order valence-corrected chi connectivity index (χ4v) is 3.54. The van der Waals surface area contributed by atoms with Crippen molar-refractivity contribution >= 4 is 10.9 Å². The highest BCUT2D eigenvalue weighted by Crippen LogP contribution is 2.20. The van der Waals surface area contributed by atoms with E-state index in [9.17, 15) is 0 Å². The molecule has 1 unspecified atom stereocenters. The van der Waals surface area contributed by atoms with Gasteiger partial charge in [-0.05, 0) is 18.1 Å². The number of ether oxygens (including phenoxy) is 1. The quantitative estimate of drug-likeness (QED) is 0.928. The van der Waals surface area contributed by atoms with Crippen molar-refractivity contribution in [1.29, 1.82) is 0 Å². The Bertz CT molecular complexity index is 605. The molecule has 1 aromatic heterocycles. The number of benzene rings is 1. The number of fused-ring (bicyclic) bond motifs is 1. The molecule has 5 nitrogen and oxygen atoms in total. The molecule has 3 heterocycles. The molecule has 4 rings (SSSR count). The zero-order chi connectivity index (χ0) is 14.1. The number of nitrogens with one attached hydrogen (secondary N) is 1. The Balaban J connectivity index is 1.39. The summed E-state index contributed by atoms with van der Waals surface area (Å²) in [5, 5.41) is 8.33. The lowest BCUT2D eigenvalue weighted by molar-refractivity contribution is 0.0184. The van der Waals surface area contributed by atoms with Gasteiger partial charge in [0.1, 0.15) is 0 Å². The second kappa shape index (κ2) is 5.75. The van der Waals surface area contributed by atoms with Crippen LogP contribution in [0, 0.1) is 0 Å². The van der Waals surface area contributed by atoms with Crippen LogP contribution in [0.5, 0.6) is 0 Å². The van der Waals surface area contributed by atoms with Crippen molar-refractivity contribution in [3.05, 3.63) is 30.0 Å². The second-order valence-electron chi connectivity index (χ2n) is 6.12. The van der Waals surface area contributed by atoms with Crippen molar-refractivity contribution in [3.63, 3.8) is 0 Å². The number of aromatic nitrogens is 2. The van der Waals surface area contributed by atoms with Gasteiger partial charge < -0.3 is 4.74 Å². The van der Waals surface area contributed by atoms with Gasteiger partial charge in [-0.2, -0.15) is 5.10 Å². The molecule has 1 aromatic carbocycles. The lowest BCUT2D eigenvalue weighted by atomic mass is 10.1. The third kappa shape index (κ3) is 2.81. The van der Waals surface area contributed by atoms with Gasteiger partial charge in [-0.1, -0.05) is 12.1 Å². The van der Waals surface area contributed by atoms with Crippen molar-refractivity contribution in [3.8, 4) is 0 Å². The van der Waals surface area contributed by atoms with Gasteiger partial charge in [-0.25, -0.2) is 0 Å². The molecule has 2 aromatic rings. The van der Waals surface area contributed by atoms with Crippen LogP contribution >= 0.6 is 0 Å². The Morgan fingerprint density at radius 3 is 3.05 bits per heavy atom. The Kier molecular flexibility index (Phi) is 3.63. The summed E-state index contributed by atoms with van der Waals surface area (Å²) < 4.78 is 5.45. The molecule has 0 bridgehead atoms. The SMILES string of the molecule is c1cc2cn[nH]c2cc1CN1CCC(N2CCOCC2)C1. The number of likely N-dealkylation sites (tertiary alicyclic amines) is 1. The van der Waals surface area contributed by atoms with Gasteiger partial charge >= 0.3 is 0 Å². The van der Waals surface area contributed by atoms with E-state index in [4.69, 9.17) is 4.74 Å². The minimum Gasteiger partial charge on any atom is -0.379 e. The number of morpholine rings is 1. The molecule has 1 atom stereocenters. The van der Waals surface area contributed by atoms with Crippen molar-refractivity contribution < 1.29 is 4.74 Å². The van der Waals surface area contributed by atoms with Crippen LogP contribution in [0.15, 0.2) is 24.4 Å². The molecule has 2 saturated heterocycles. The van der Waals surface area contributed by atoms with Gasteiger partial charge in [0.05, 0.1) is 24.9 Å². The van der Waals surface area contributed by atoms with Crippen molar-refractivity contribution in [2.45, 2.75) is 19.0 Å². The molecule has 5 heteroatoms. The topological polar surface area (TPSA) is 44.4 Å². The molecule has 0 spiro atoms. The number of aromatic amines is 1. The highest BCUT2D eigenvalue weighted by molar-refractivity contribution is 5.78. The first-order valence-corrected chi connectivity index (χ1v) is 7.85. The highest BCUT2D eigenvalue weighted by atomic mass is 16.5. The van der Waals surface area contributed by atoms with E-state index in [0.29, 0.717) is 6.04 Å². The molecule has 2 aliphatic heterocycles. The van der Waals surface area contributed by atoms with E-state index in [2.05, 4.69) is 38.2 Å². The Labute approximate surface area is 124 Å². The lowest BCUT2D eigenvalue weighted by Crippen LogP contribution is -2.44. The number of rotatable bonds is 3. The van der Waals surface area contributed by atoms with Crippen molar-refractivity contribution in [1.82, 2.24) is 20.0 Å². The zero-order valence-electron chi connectivity index (χ0n) is 12.3. The van der Waals surface area contributed by atoms with E-state index in [-0.39, 0.29) is 0 Å². The molecule has 0 radical (unpaired) electrons. The summed E-state index contributed by atoms with van der Waals surface area (Å²) in [6.45, 7) is 7.40. The maximum atomic E-state index is 5.45. The Morgan fingerprint density at radius 1 is 1.24 bits per heavy atom. The molecule has 0 amide bonds. The molecule has 0 saturated carbocycles. The summed E-state index contributed by atoms with van der Waals surface area (Å²) in [6, 6.07) is 7.32. The maximum Gasteiger partial charge on any atom is 0.0653 e. The Hall–Kier alpha value is -1.43. The smallest absolute Gasteiger partial charge is 0.0653 e. The zero-order valence-corrected chi connectivity index (χ0v) is 12.3. The van der Waals surface area contributed by atoms with Gasteiger partial charge in [0.15, 0.2) is 0 Å². The lowest BCUT2D eigenvalue weighted by Gasteiger charge is -2.32. The molecular formula is C16H22N4O. The van der Waals surface area contributed by atoms with Crippen LogP contribution in [0.4, 0.5) is 0 Å². The summed E-state index contributed by atoms with van der Waals surface area (Å²) in [5.74, 6) is 0. The largest absolute Gasteiger partial charge is 0.379 e. The molecular weight excluding hydrogens is 264 g/mol. The third-order valence-corrected chi connectivity index (χ3v) is 4.72. The van der Waals surface area contributed by atoms with Crippen LogP contribution in [0.1, 0.15) is 12.0 Å². The molecule has 1 N–H and O–H groups in total. The fourth-order valence-electron chi connectivity index (χ4n) is 3.54. The molecule has 112 valence electrons. The van der Waals surface area contributed by atoms with E-state index in [0.717, 1.165) is 38.4 Å². The predicted octanol–water partition coefficient (Wildman–Crippen LogP) is 1.47. The van der Waals surface area contributed by atoms with Crippen LogP contribution in [0.25, 0.3) is 10.9 Å². The highest BCUT2D eigenvalue weighted by Gasteiger charge is 2.28. The second-order valence-corrected chi connectivity index (χ2v) is 6.12. The minimum atomic E-state index is 0.713.